The highest BCUT2D eigenvalue weighted by molar-refractivity contribution is 4.84. The van der Waals surface area contributed by atoms with Crippen LogP contribution in [0.5, 0.6) is 0 Å². The van der Waals surface area contributed by atoms with Gasteiger partial charge in [0.25, 0.3) is 0 Å². The molecule has 0 saturated carbocycles. The maximum Gasteiger partial charge on any atom is 0.113 e. The summed E-state index contributed by atoms with van der Waals surface area (Å²) in [5.74, 6) is 0. The summed E-state index contributed by atoms with van der Waals surface area (Å²) < 4.78 is 13.3. The van der Waals surface area contributed by atoms with Crippen molar-refractivity contribution >= 4 is 0 Å². The summed E-state index contributed by atoms with van der Waals surface area (Å²) in [5.41, 5.74) is 0.172. The number of halogens is 1. The zero-order valence-electron chi connectivity index (χ0n) is 9.15. The van der Waals surface area contributed by atoms with Gasteiger partial charge in [0.05, 0.1) is 0 Å². The maximum absolute atomic E-state index is 13.3. The zero-order valence-corrected chi connectivity index (χ0v) is 9.15. The molecule has 1 fully saturated rings. The number of nitrogens with zero attached hydrogens (tertiary/aromatic N) is 1. The molecular weight excluding hydrogens is 165 g/mol. The van der Waals surface area contributed by atoms with Crippen LogP contribution in [0, 0.1) is 5.41 Å². The lowest BCUT2D eigenvalue weighted by Gasteiger charge is -2.39. The second-order valence-corrected chi connectivity index (χ2v) is 5.05. The summed E-state index contributed by atoms with van der Waals surface area (Å²) in [4.78, 5) is 2.28. The van der Waals surface area contributed by atoms with Gasteiger partial charge in [0.2, 0.25) is 0 Å². The predicted octanol–water partition coefficient (Wildman–Crippen LogP) is 2.86. The van der Waals surface area contributed by atoms with Gasteiger partial charge in [-0.05, 0) is 24.8 Å². The molecule has 2 heteroatoms. The molecule has 0 radical (unpaired) electrons. The van der Waals surface area contributed by atoms with Crippen molar-refractivity contribution in [3.63, 3.8) is 0 Å². The fourth-order valence-electron chi connectivity index (χ4n) is 2.23. The first kappa shape index (κ1) is 11.0. The first-order valence-electron chi connectivity index (χ1n) is 5.40. The minimum absolute atomic E-state index is 0.172. The standard InChI is InChI=1S/C11H22FN/c1-4-5-6-13-8-10(12)7-11(2,3)9-13/h10H,4-9H2,1-3H3/t10-/m0/s1. The smallest absolute Gasteiger partial charge is 0.113 e. The maximum atomic E-state index is 13.3. The highest BCUT2D eigenvalue weighted by Crippen LogP contribution is 2.30. The van der Waals surface area contributed by atoms with E-state index in [4.69, 9.17) is 0 Å². The summed E-state index contributed by atoms with van der Waals surface area (Å²) in [6.45, 7) is 9.30. The number of alkyl halides is 1. The molecule has 0 bridgehead atoms. The summed E-state index contributed by atoms with van der Waals surface area (Å²) in [5, 5.41) is 0. The molecule has 0 aliphatic carbocycles. The first-order valence-corrected chi connectivity index (χ1v) is 5.40. The topological polar surface area (TPSA) is 3.24 Å². The Morgan fingerprint density at radius 3 is 2.69 bits per heavy atom. The van der Waals surface area contributed by atoms with Crippen LogP contribution in [0.25, 0.3) is 0 Å². The van der Waals surface area contributed by atoms with E-state index in [1.807, 2.05) is 0 Å². The van der Waals surface area contributed by atoms with Gasteiger partial charge in [0, 0.05) is 13.1 Å². The normalized spacial score (nSPS) is 29.1. The van der Waals surface area contributed by atoms with Gasteiger partial charge < -0.3 is 0 Å². The Kier molecular flexibility index (Phi) is 3.72. The third-order valence-corrected chi connectivity index (χ3v) is 2.71. The van der Waals surface area contributed by atoms with Crippen LogP contribution in [-0.2, 0) is 0 Å². The Bertz CT molecular complexity index is 156. The fraction of sp³-hybridized carbons (Fsp3) is 1.00. The molecule has 0 aromatic rings. The van der Waals surface area contributed by atoms with Crippen molar-refractivity contribution in [3.8, 4) is 0 Å². The minimum atomic E-state index is -0.611. The van der Waals surface area contributed by atoms with Crippen molar-refractivity contribution < 1.29 is 4.39 Å². The monoisotopic (exact) mass is 187 g/mol. The molecular formula is C11H22FN. The Labute approximate surface area is 81.3 Å². The third-order valence-electron chi connectivity index (χ3n) is 2.71. The molecule has 78 valence electrons. The molecule has 13 heavy (non-hydrogen) atoms. The first-order chi connectivity index (χ1) is 6.03. The molecule has 0 unspecified atom stereocenters. The number of unbranched alkanes of at least 4 members (excludes halogenated alkanes) is 1. The Hall–Kier alpha value is -0.110. The highest BCUT2D eigenvalue weighted by atomic mass is 19.1. The molecule has 0 spiro atoms. The lowest BCUT2D eigenvalue weighted by atomic mass is 9.83. The molecule has 1 rings (SSSR count). The zero-order chi connectivity index (χ0) is 9.90. The lowest BCUT2D eigenvalue weighted by Crippen LogP contribution is -2.45. The quantitative estimate of drug-likeness (QED) is 0.656. The molecule has 0 amide bonds. The molecule has 1 aliphatic rings. The average Bonchev–Trinajstić information content (AvgIpc) is 1.97. The minimum Gasteiger partial charge on any atom is -0.300 e. The van der Waals surface area contributed by atoms with Crippen LogP contribution < -0.4 is 0 Å². The highest BCUT2D eigenvalue weighted by Gasteiger charge is 2.31. The predicted molar refractivity (Wildman–Crippen MR) is 54.6 cm³/mol. The molecule has 0 aromatic carbocycles. The molecule has 1 atom stereocenters. The Morgan fingerprint density at radius 2 is 2.15 bits per heavy atom. The average molecular weight is 187 g/mol. The summed E-state index contributed by atoms with van der Waals surface area (Å²) in [7, 11) is 0. The number of rotatable bonds is 3. The van der Waals surface area contributed by atoms with Crippen LogP contribution in [0.4, 0.5) is 4.39 Å². The second kappa shape index (κ2) is 4.41. The van der Waals surface area contributed by atoms with E-state index in [0.29, 0.717) is 6.54 Å². The molecule has 1 saturated heterocycles. The molecule has 0 aromatic heterocycles. The lowest BCUT2D eigenvalue weighted by molar-refractivity contribution is 0.0514. The largest absolute Gasteiger partial charge is 0.300 e. The van der Waals surface area contributed by atoms with E-state index in [-0.39, 0.29) is 5.41 Å². The van der Waals surface area contributed by atoms with E-state index >= 15 is 0 Å². The van der Waals surface area contributed by atoms with Gasteiger partial charge in [-0.2, -0.15) is 0 Å². The van der Waals surface area contributed by atoms with Crippen LogP contribution in [-0.4, -0.2) is 30.7 Å². The van der Waals surface area contributed by atoms with Gasteiger partial charge in [-0.15, -0.1) is 0 Å². The van der Waals surface area contributed by atoms with Crippen molar-refractivity contribution in [1.29, 1.82) is 0 Å². The molecule has 0 N–H and O–H groups in total. The third kappa shape index (κ3) is 3.63. The number of likely N-dealkylation sites (tertiary alicyclic amines) is 1. The Balaban J connectivity index is 2.38. The van der Waals surface area contributed by atoms with Gasteiger partial charge in [-0.1, -0.05) is 27.2 Å². The van der Waals surface area contributed by atoms with E-state index < -0.39 is 6.17 Å². The fourth-order valence-corrected chi connectivity index (χ4v) is 2.23. The van der Waals surface area contributed by atoms with Crippen molar-refractivity contribution in [2.75, 3.05) is 19.6 Å². The van der Waals surface area contributed by atoms with Gasteiger partial charge in [-0.25, -0.2) is 4.39 Å². The summed E-state index contributed by atoms with van der Waals surface area (Å²) in [6, 6.07) is 0. The summed E-state index contributed by atoms with van der Waals surface area (Å²) in [6.07, 6.45) is 2.52. The van der Waals surface area contributed by atoms with E-state index in [1.165, 1.54) is 12.8 Å². The van der Waals surface area contributed by atoms with Crippen LogP contribution in [0.2, 0.25) is 0 Å². The second-order valence-electron chi connectivity index (χ2n) is 5.05. The van der Waals surface area contributed by atoms with Crippen LogP contribution >= 0.6 is 0 Å². The number of hydrogen-bond donors (Lipinski definition) is 0. The number of piperidine rings is 1. The van der Waals surface area contributed by atoms with Crippen LogP contribution in [0.3, 0.4) is 0 Å². The number of hydrogen-bond acceptors (Lipinski definition) is 1. The van der Waals surface area contributed by atoms with Gasteiger partial charge >= 0.3 is 0 Å². The van der Waals surface area contributed by atoms with Crippen LogP contribution in [0.15, 0.2) is 0 Å². The van der Waals surface area contributed by atoms with Crippen molar-refractivity contribution in [1.82, 2.24) is 4.90 Å². The molecule has 1 heterocycles. The van der Waals surface area contributed by atoms with E-state index in [2.05, 4.69) is 25.7 Å². The molecule has 1 nitrogen and oxygen atoms in total. The van der Waals surface area contributed by atoms with Crippen molar-refractivity contribution in [2.45, 2.75) is 46.2 Å². The Morgan fingerprint density at radius 1 is 1.46 bits per heavy atom. The van der Waals surface area contributed by atoms with Crippen molar-refractivity contribution in [2.24, 2.45) is 5.41 Å². The van der Waals surface area contributed by atoms with E-state index in [9.17, 15) is 4.39 Å². The van der Waals surface area contributed by atoms with E-state index in [1.54, 1.807) is 0 Å². The van der Waals surface area contributed by atoms with Crippen LogP contribution in [0.1, 0.15) is 40.0 Å². The van der Waals surface area contributed by atoms with Gasteiger partial charge in [0.15, 0.2) is 0 Å². The van der Waals surface area contributed by atoms with Gasteiger partial charge in [-0.3, -0.25) is 4.90 Å². The molecule has 1 aliphatic heterocycles. The SMILES string of the molecule is CCCCN1C[C@@H](F)CC(C)(C)C1. The summed E-state index contributed by atoms with van der Waals surface area (Å²) >= 11 is 0. The van der Waals surface area contributed by atoms with E-state index in [0.717, 1.165) is 19.5 Å². The van der Waals surface area contributed by atoms with Gasteiger partial charge in [0.1, 0.15) is 6.17 Å². The van der Waals surface area contributed by atoms with Crippen molar-refractivity contribution in [3.05, 3.63) is 0 Å².